The lowest BCUT2D eigenvalue weighted by atomic mass is 9.94. The van der Waals surface area contributed by atoms with Crippen LogP contribution in [0.1, 0.15) is 65.1 Å². The van der Waals surface area contributed by atoms with E-state index in [0.717, 1.165) is 49.1 Å². The molecule has 170 valence electrons. The molecule has 1 aliphatic rings. The summed E-state index contributed by atoms with van der Waals surface area (Å²) in [5.74, 6) is 2.81. The number of ether oxygens (including phenoxy) is 1. The van der Waals surface area contributed by atoms with Crippen LogP contribution in [0.15, 0.2) is 35.5 Å². The van der Waals surface area contributed by atoms with Crippen LogP contribution in [0.4, 0.5) is 0 Å². The Bertz CT molecular complexity index is 803. The highest BCUT2D eigenvalue weighted by molar-refractivity contribution is 7.99. The second-order valence-electron chi connectivity index (χ2n) is 8.59. The van der Waals surface area contributed by atoms with Gasteiger partial charge in [-0.25, -0.2) is 0 Å². The number of para-hydroxylation sites is 1. The Hall–Kier alpha value is -2.02. The fraction of sp³-hybridized carbons (Fsp3) is 0.625. The summed E-state index contributed by atoms with van der Waals surface area (Å²) in [5.41, 5.74) is 0. The molecule has 1 aromatic carbocycles. The van der Waals surface area contributed by atoms with Gasteiger partial charge in [0.25, 0.3) is 0 Å². The zero-order chi connectivity index (χ0) is 22.1. The van der Waals surface area contributed by atoms with Gasteiger partial charge in [0.2, 0.25) is 5.91 Å². The van der Waals surface area contributed by atoms with E-state index in [-0.39, 0.29) is 5.91 Å². The molecule has 6 nitrogen and oxygen atoms in total. The molecule has 1 amide bonds. The monoisotopic (exact) mass is 444 g/mol. The number of carbonyl (C=O) groups is 1. The molecule has 31 heavy (non-hydrogen) atoms. The van der Waals surface area contributed by atoms with Gasteiger partial charge in [-0.15, -0.1) is 10.2 Å². The van der Waals surface area contributed by atoms with Crippen LogP contribution in [0.2, 0.25) is 0 Å². The van der Waals surface area contributed by atoms with Gasteiger partial charge in [-0.2, -0.15) is 0 Å². The molecular weight excluding hydrogens is 408 g/mol. The predicted molar refractivity (Wildman–Crippen MR) is 125 cm³/mol. The summed E-state index contributed by atoms with van der Waals surface area (Å²) < 4.78 is 8.03. The van der Waals surface area contributed by atoms with Crippen LogP contribution in [-0.2, 0) is 17.9 Å². The zero-order valence-corrected chi connectivity index (χ0v) is 19.9. The van der Waals surface area contributed by atoms with Crippen LogP contribution in [-0.4, -0.2) is 43.9 Å². The molecule has 0 aliphatic heterocycles. The van der Waals surface area contributed by atoms with E-state index in [4.69, 9.17) is 4.74 Å². The van der Waals surface area contributed by atoms with Gasteiger partial charge < -0.3 is 14.2 Å². The molecule has 1 fully saturated rings. The minimum absolute atomic E-state index is 0.208. The van der Waals surface area contributed by atoms with E-state index in [0.29, 0.717) is 24.3 Å². The Morgan fingerprint density at radius 2 is 1.94 bits per heavy atom. The van der Waals surface area contributed by atoms with Gasteiger partial charge >= 0.3 is 0 Å². The predicted octanol–water partition coefficient (Wildman–Crippen LogP) is 5.18. The largest absolute Gasteiger partial charge is 0.486 e. The third-order valence-electron chi connectivity index (χ3n) is 5.84. The van der Waals surface area contributed by atoms with E-state index in [2.05, 4.69) is 40.4 Å². The summed E-state index contributed by atoms with van der Waals surface area (Å²) in [5, 5.41) is 9.59. The fourth-order valence-electron chi connectivity index (χ4n) is 4.05. The molecule has 2 aromatic rings. The third kappa shape index (κ3) is 6.99. The summed E-state index contributed by atoms with van der Waals surface area (Å²) in [6.45, 7) is 8.48. The average molecular weight is 445 g/mol. The molecule has 0 spiro atoms. The van der Waals surface area contributed by atoms with Crippen LogP contribution >= 0.6 is 11.8 Å². The first-order valence-electron chi connectivity index (χ1n) is 11.6. The zero-order valence-electron chi connectivity index (χ0n) is 19.1. The number of carbonyl (C=O) groups excluding carboxylic acids is 1. The SMILES string of the molecule is CCN(C(=O)CSc1nnc(COc2ccccc2)n1CCC(C)C)C1CCCCC1. The van der Waals surface area contributed by atoms with Crippen molar-refractivity contribution in [2.75, 3.05) is 12.3 Å². The average Bonchev–Trinajstić information content (AvgIpc) is 3.18. The van der Waals surface area contributed by atoms with Gasteiger partial charge in [0.1, 0.15) is 12.4 Å². The standard InChI is InChI=1S/C24H36N4O2S/c1-4-27(20-11-7-5-8-12-20)23(29)18-31-24-26-25-22(28(24)16-15-19(2)3)17-30-21-13-9-6-10-14-21/h6,9-10,13-14,19-20H,4-5,7-8,11-12,15-18H2,1-3H3. The lowest BCUT2D eigenvalue weighted by Crippen LogP contribution is -2.42. The molecule has 1 saturated carbocycles. The minimum Gasteiger partial charge on any atom is -0.486 e. The number of aromatic nitrogens is 3. The van der Waals surface area contributed by atoms with Gasteiger partial charge in [0.15, 0.2) is 11.0 Å². The summed E-state index contributed by atoms with van der Waals surface area (Å²) in [4.78, 5) is 15.0. The molecule has 1 aromatic heterocycles. The quantitative estimate of drug-likeness (QED) is 0.447. The first kappa shape index (κ1) is 23.6. The molecule has 0 unspecified atom stereocenters. The fourth-order valence-corrected chi connectivity index (χ4v) is 4.92. The number of benzene rings is 1. The molecule has 1 aliphatic carbocycles. The van der Waals surface area contributed by atoms with Gasteiger partial charge in [0, 0.05) is 19.1 Å². The van der Waals surface area contributed by atoms with Crippen molar-refractivity contribution in [2.45, 2.75) is 83.6 Å². The number of rotatable bonds is 11. The summed E-state index contributed by atoms with van der Waals surface area (Å²) in [6.07, 6.45) is 7.06. The van der Waals surface area contributed by atoms with Gasteiger partial charge in [-0.1, -0.05) is 63.1 Å². The van der Waals surface area contributed by atoms with Crippen molar-refractivity contribution in [3.05, 3.63) is 36.2 Å². The highest BCUT2D eigenvalue weighted by atomic mass is 32.2. The second-order valence-corrected chi connectivity index (χ2v) is 9.54. The summed E-state index contributed by atoms with van der Waals surface area (Å²) >= 11 is 1.50. The van der Waals surface area contributed by atoms with E-state index in [1.165, 1.54) is 31.0 Å². The van der Waals surface area contributed by atoms with Crippen LogP contribution < -0.4 is 4.74 Å². The van der Waals surface area contributed by atoms with Crippen LogP contribution in [0.3, 0.4) is 0 Å². The maximum Gasteiger partial charge on any atom is 0.233 e. The lowest BCUT2D eigenvalue weighted by molar-refractivity contribution is -0.131. The molecule has 3 rings (SSSR count). The van der Waals surface area contributed by atoms with Crippen molar-refractivity contribution in [3.8, 4) is 5.75 Å². The highest BCUT2D eigenvalue weighted by Gasteiger charge is 2.25. The topological polar surface area (TPSA) is 60.3 Å². The van der Waals surface area contributed by atoms with Gasteiger partial charge in [-0.3, -0.25) is 4.79 Å². The molecular formula is C24H36N4O2S. The van der Waals surface area contributed by atoms with Crippen molar-refractivity contribution in [3.63, 3.8) is 0 Å². The highest BCUT2D eigenvalue weighted by Crippen LogP contribution is 2.25. The van der Waals surface area contributed by atoms with Crippen molar-refractivity contribution >= 4 is 17.7 Å². The number of thioether (sulfide) groups is 1. The van der Waals surface area contributed by atoms with Gasteiger partial charge in [-0.05, 0) is 44.2 Å². The molecule has 0 bridgehead atoms. The smallest absolute Gasteiger partial charge is 0.233 e. The summed E-state index contributed by atoms with van der Waals surface area (Å²) in [6, 6.07) is 10.2. The van der Waals surface area contributed by atoms with E-state index in [9.17, 15) is 4.79 Å². The number of hydrogen-bond acceptors (Lipinski definition) is 5. The molecule has 7 heteroatoms. The first-order valence-corrected chi connectivity index (χ1v) is 12.6. The molecule has 0 atom stereocenters. The van der Waals surface area contributed by atoms with Crippen LogP contribution in [0, 0.1) is 5.92 Å². The summed E-state index contributed by atoms with van der Waals surface area (Å²) in [7, 11) is 0. The van der Waals surface area contributed by atoms with Crippen molar-refractivity contribution in [1.29, 1.82) is 0 Å². The Balaban J connectivity index is 1.64. The van der Waals surface area contributed by atoms with E-state index in [1.807, 2.05) is 30.3 Å². The van der Waals surface area contributed by atoms with Crippen molar-refractivity contribution in [2.24, 2.45) is 5.92 Å². The Kier molecular flexibility index (Phi) is 9.25. The molecule has 0 N–H and O–H groups in total. The number of amides is 1. The normalized spacial score (nSPS) is 14.7. The Morgan fingerprint density at radius 1 is 1.19 bits per heavy atom. The van der Waals surface area contributed by atoms with Gasteiger partial charge in [0.05, 0.1) is 5.75 Å². The van der Waals surface area contributed by atoms with Crippen LogP contribution in [0.25, 0.3) is 0 Å². The van der Waals surface area contributed by atoms with E-state index in [1.54, 1.807) is 0 Å². The third-order valence-corrected chi connectivity index (χ3v) is 6.79. The lowest BCUT2D eigenvalue weighted by Gasteiger charge is -2.33. The van der Waals surface area contributed by atoms with E-state index >= 15 is 0 Å². The van der Waals surface area contributed by atoms with Crippen molar-refractivity contribution < 1.29 is 9.53 Å². The Labute approximate surface area is 190 Å². The maximum absolute atomic E-state index is 13.0. The first-order chi connectivity index (χ1) is 15.1. The molecule has 0 saturated heterocycles. The Morgan fingerprint density at radius 3 is 2.61 bits per heavy atom. The maximum atomic E-state index is 13.0. The minimum atomic E-state index is 0.208. The van der Waals surface area contributed by atoms with E-state index < -0.39 is 0 Å². The second kappa shape index (κ2) is 12.1. The number of nitrogens with zero attached hydrogens (tertiary/aromatic N) is 4. The molecule has 1 heterocycles. The van der Waals surface area contributed by atoms with Crippen molar-refractivity contribution in [1.82, 2.24) is 19.7 Å². The number of hydrogen-bond donors (Lipinski definition) is 0. The molecule has 0 radical (unpaired) electrons. The van der Waals surface area contributed by atoms with Crippen LogP contribution in [0.5, 0.6) is 5.75 Å².